The molecule has 1 saturated heterocycles. The van der Waals surface area contributed by atoms with Gasteiger partial charge in [-0.25, -0.2) is 9.37 Å². The summed E-state index contributed by atoms with van der Waals surface area (Å²) < 4.78 is 19.1. The smallest absolute Gasteiger partial charge is 0.141 e. The Bertz CT molecular complexity index is 422. The van der Waals surface area contributed by atoms with Crippen molar-refractivity contribution in [3.8, 4) is 0 Å². The van der Waals surface area contributed by atoms with Gasteiger partial charge in [0.15, 0.2) is 0 Å². The van der Waals surface area contributed by atoms with Gasteiger partial charge in [-0.3, -0.25) is 0 Å². The van der Waals surface area contributed by atoms with Gasteiger partial charge < -0.3 is 15.0 Å². The quantitative estimate of drug-likeness (QED) is 0.868. The number of likely N-dealkylation sites (N-methyl/N-ethyl adjacent to an activating group) is 1. The van der Waals surface area contributed by atoms with E-state index in [0.717, 1.165) is 43.9 Å². The van der Waals surface area contributed by atoms with Crippen LogP contribution in [0.2, 0.25) is 0 Å². The second-order valence-electron chi connectivity index (χ2n) is 5.29. The fourth-order valence-corrected chi connectivity index (χ4v) is 2.55. The van der Waals surface area contributed by atoms with Crippen LogP contribution in [0.1, 0.15) is 31.7 Å². The minimum atomic E-state index is -0.288. The number of nitrogens with zero attached hydrogens (tertiary/aromatic N) is 2. The van der Waals surface area contributed by atoms with Crippen LogP contribution in [0.15, 0.2) is 12.3 Å². The van der Waals surface area contributed by atoms with Gasteiger partial charge in [0.2, 0.25) is 0 Å². The van der Waals surface area contributed by atoms with E-state index in [1.807, 2.05) is 14.0 Å². The molecule has 1 aromatic rings. The van der Waals surface area contributed by atoms with Gasteiger partial charge in [-0.1, -0.05) is 6.92 Å². The topological polar surface area (TPSA) is 37.4 Å². The zero-order chi connectivity index (χ0) is 14.4. The number of ether oxygens (including phenoxy) is 1. The second-order valence-corrected chi connectivity index (χ2v) is 5.29. The van der Waals surface area contributed by atoms with Crippen LogP contribution in [0, 0.1) is 5.82 Å². The van der Waals surface area contributed by atoms with Crippen molar-refractivity contribution in [1.82, 2.24) is 10.3 Å². The first-order chi connectivity index (χ1) is 9.70. The number of hydrogen-bond donors (Lipinski definition) is 1. The highest BCUT2D eigenvalue weighted by Gasteiger charge is 2.18. The monoisotopic (exact) mass is 281 g/mol. The van der Waals surface area contributed by atoms with Gasteiger partial charge in [0.25, 0.3) is 0 Å². The maximum atomic E-state index is 13.4. The first kappa shape index (κ1) is 15.2. The fraction of sp³-hybridized carbons (Fsp3) is 0.667. The average Bonchev–Trinajstić information content (AvgIpc) is 2.46. The molecule has 1 N–H and O–H groups in total. The van der Waals surface area contributed by atoms with E-state index >= 15 is 0 Å². The molecule has 5 heteroatoms. The molecule has 0 bridgehead atoms. The van der Waals surface area contributed by atoms with Gasteiger partial charge in [-0.05, 0) is 31.9 Å². The normalized spacial score (nSPS) is 19.1. The third-order valence-electron chi connectivity index (χ3n) is 3.59. The van der Waals surface area contributed by atoms with E-state index in [9.17, 15) is 4.39 Å². The minimum absolute atomic E-state index is 0.257. The summed E-state index contributed by atoms with van der Waals surface area (Å²) in [7, 11) is 1.99. The Morgan fingerprint density at radius 3 is 3.05 bits per heavy atom. The number of pyridine rings is 1. The van der Waals surface area contributed by atoms with Crippen LogP contribution in [0.5, 0.6) is 0 Å². The lowest BCUT2D eigenvalue weighted by Crippen LogP contribution is -2.34. The molecule has 0 saturated carbocycles. The standard InChI is InChI=1S/C15H24FN3O/c1-3-17-9-12-8-13(16)10-18-15(12)19(2)11-14-6-4-5-7-20-14/h8,10,14,17H,3-7,9,11H2,1-2H3. The summed E-state index contributed by atoms with van der Waals surface area (Å²) >= 11 is 0. The number of hydrogen-bond acceptors (Lipinski definition) is 4. The minimum Gasteiger partial charge on any atom is -0.376 e. The Kier molecular flexibility index (Phi) is 5.73. The maximum absolute atomic E-state index is 13.4. The Hall–Kier alpha value is -1.20. The van der Waals surface area contributed by atoms with E-state index in [1.165, 1.54) is 12.6 Å². The average molecular weight is 281 g/mol. The maximum Gasteiger partial charge on any atom is 0.141 e. The number of aromatic nitrogens is 1. The lowest BCUT2D eigenvalue weighted by molar-refractivity contribution is 0.0215. The van der Waals surface area contributed by atoms with Gasteiger partial charge in [0, 0.05) is 32.3 Å². The van der Waals surface area contributed by atoms with Gasteiger partial charge in [-0.2, -0.15) is 0 Å². The largest absolute Gasteiger partial charge is 0.376 e. The van der Waals surface area contributed by atoms with Crippen molar-refractivity contribution in [2.75, 3.05) is 31.6 Å². The molecule has 1 unspecified atom stereocenters. The molecule has 4 nitrogen and oxygen atoms in total. The van der Waals surface area contributed by atoms with Crippen LogP contribution in [-0.4, -0.2) is 37.8 Å². The molecule has 0 amide bonds. The second kappa shape index (κ2) is 7.55. The van der Waals surface area contributed by atoms with Gasteiger partial charge in [-0.15, -0.1) is 0 Å². The van der Waals surface area contributed by atoms with Crippen LogP contribution >= 0.6 is 0 Å². The van der Waals surface area contributed by atoms with Crippen molar-refractivity contribution in [3.63, 3.8) is 0 Å². The Morgan fingerprint density at radius 1 is 1.50 bits per heavy atom. The molecule has 0 aliphatic carbocycles. The van der Waals surface area contributed by atoms with Gasteiger partial charge >= 0.3 is 0 Å². The molecule has 0 aromatic carbocycles. The Labute approximate surface area is 120 Å². The lowest BCUT2D eigenvalue weighted by atomic mass is 10.1. The summed E-state index contributed by atoms with van der Waals surface area (Å²) in [5, 5.41) is 3.23. The van der Waals surface area contributed by atoms with Crippen molar-refractivity contribution in [2.24, 2.45) is 0 Å². The molecule has 1 atom stereocenters. The van der Waals surface area contributed by atoms with E-state index in [-0.39, 0.29) is 11.9 Å². The van der Waals surface area contributed by atoms with Crippen LogP contribution in [0.3, 0.4) is 0 Å². The Morgan fingerprint density at radius 2 is 2.35 bits per heavy atom. The molecule has 112 valence electrons. The predicted molar refractivity (Wildman–Crippen MR) is 78.4 cm³/mol. The zero-order valence-corrected chi connectivity index (χ0v) is 12.4. The van der Waals surface area contributed by atoms with E-state index in [2.05, 4.69) is 15.2 Å². The third-order valence-corrected chi connectivity index (χ3v) is 3.59. The van der Waals surface area contributed by atoms with E-state index in [1.54, 1.807) is 6.07 Å². The summed E-state index contributed by atoms with van der Waals surface area (Å²) in [5.41, 5.74) is 0.894. The van der Waals surface area contributed by atoms with Crippen molar-refractivity contribution >= 4 is 5.82 Å². The molecule has 1 aliphatic rings. The Balaban J connectivity index is 2.05. The molecule has 2 rings (SSSR count). The fourth-order valence-electron chi connectivity index (χ4n) is 2.55. The number of halogens is 1. The van der Waals surface area contributed by atoms with Crippen LogP contribution in [0.4, 0.5) is 10.2 Å². The molecule has 2 heterocycles. The first-order valence-electron chi connectivity index (χ1n) is 7.38. The number of rotatable bonds is 6. The first-order valence-corrected chi connectivity index (χ1v) is 7.38. The third kappa shape index (κ3) is 4.15. The number of anilines is 1. The van der Waals surface area contributed by atoms with Crippen molar-refractivity contribution in [1.29, 1.82) is 0 Å². The molecule has 1 aromatic heterocycles. The molecule has 1 aliphatic heterocycles. The molecule has 0 spiro atoms. The SMILES string of the molecule is CCNCc1cc(F)cnc1N(C)CC1CCCCO1. The van der Waals surface area contributed by atoms with Crippen LogP contribution < -0.4 is 10.2 Å². The van der Waals surface area contributed by atoms with Gasteiger partial charge in [0.1, 0.15) is 11.6 Å². The summed E-state index contributed by atoms with van der Waals surface area (Å²) in [4.78, 5) is 6.32. The van der Waals surface area contributed by atoms with Gasteiger partial charge in [0.05, 0.1) is 12.3 Å². The van der Waals surface area contributed by atoms with E-state index < -0.39 is 0 Å². The van der Waals surface area contributed by atoms with Crippen LogP contribution in [0.25, 0.3) is 0 Å². The highest BCUT2D eigenvalue weighted by atomic mass is 19.1. The molecule has 1 fully saturated rings. The van der Waals surface area contributed by atoms with E-state index in [0.29, 0.717) is 6.54 Å². The molecule has 20 heavy (non-hydrogen) atoms. The highest BCUT2D eigenvalue weighted by Crippen LogP contribution is 2.20. The lowest BCUT2D eigenvalue weighted by Gasteiger charge is -2.29. The highest BCUT2D eigenvalue weighted by molar-refractivity contribution is 5.46. The molecular weight excluding hydrogens is 257 g/mol. The van der Waals surface area contributed by atoms with Crippen LogP contribution in [-0.2, 0) is 11.3 Å². The number of nitrogens with one attached hydrogen (secondary N) is 1. The summed E-state index contributed by atoms with van der Waals surface area (Å²) in [5.74, 6) is 0.547. The molecular formula is C15H24FN3O. The molecule has 0 radical (unpaired) electrons. The predicted octanol–water partition coefficient (Wildman–Crippen LogP) is 2.34. The van der Waals surface area contributed by atoms with Crippen molar-refractivity contribution in [3.05, 3.63) is 23.6 Å². The zero-order valence-electron chi connectivity index (χ0n) is 12.4. The van der Waals surface area contributed by atoms with Crippen molar-refractivity contribution < 1.29 is 9.13 Å². The summed E-state index contributed by atoms with van der Waals surface area (Å²) in [6.45, 7) is 5.17. The summed E-state index contributed by atoms with van der Waals surface area (Å²) in [6.07, 6.45) is 5.00. The summed E-state index contributed by atoms with van der Waals surface area (Å²) in [6, 6.07) is 1.56. The van der Waals surface area contributed by atoms with Crippen molar-refractivity contribution in [2.45, 2.75) is 38.8 Å². The van der Waals surface area contributed by atoms with E-state index in [4.69, 9.17) is 4.74 Å².